The first-order chi connectivity index (χ1) is 10.1. The van der Waals surface area contributed by atoms with Crippen LogP contribution in [-0.4, -0.2) is 38.8 Å². The first-order valence-electron chi connectivity index (χ1n) is 7.93. The molecule has 1 rings (SSSR count). The minimum atomic E-state index is -0.242. The van der Waals surface area contributed by atoms with Crippen LogP contribution in [0, 0.1) is 0 Å². The number of ether oxygens (including phenoxy) is 1. The van der Waals surface area contributed by atoms with Crippen LogP contribution in [-0.2, 0) is 4.74 Å². The lowest BCUT2D eigenvalue weighted by molar-refractivity contribution is 0.0527. The summed E-state index contributed by atoms with van der Waals surface area (Å²) in [7, 11) is 0. The van der Waals surface area contributed by atoms with Gasteiger partial charge in [-0.1, -0.05) is 0 Å². The number of hydrogen-bond donors (Lipinski definition) is 0. The molecular formula is C17H28N2O2. The molecule has 4 heteroatoms. The molecule has 118 valence electrons. The molecule has 0 radical (unpaired) electrons. The topological polar surface area (TPSA) is 32.8 Å². The van der Waals surface area contributed by atoms with Crippen LogP contribution in [0.1, 0.15) is 45.0 Å². The molecule has 0 amide bonds. The van der Waals surface area contributed by atoms with Crippen LogP contribution in [0.15, 0.2) is 18.2 Å². The second kappa shape index (κ2) is 8.55. The Hall–Kier alpha value is -1.71. The predicted octanol–water partition coefficient (Wildman–Crippen LogP) is 3.56. The SMILES string of the molecule is CCOC(=O)c1cc(N(CC)CC)ccc1N(CC)CC. The molecule has 0 N–H and O–H groups in total. The Bertz CT molecular complexity index is 452. The number of hydrogen-bond acceptors (Lipinski definition) is 4. The Morgan fingerprint density at radius 3 is 2.00 bits per heavy atom. The van der Waals surface area contributed by atoms with Crippen molar-refractivity contribution >= 4 is 17.3 Å². The first kappa shape index (κ1) is 17.3. The van der Waals surface area contributed by atoms with Crippen LogP contribution in [0.4, 0.5) is 11.4 Å². The van der Waals surface area contributed by atoms with E-state index < -0.39 is 0 Å². The van der Waals surface area contributed by atoms with E-state index in [4.69, 9.17) is 4.74 Å². The zero-order chi connectivity index (χ0) is 15.8. The van der Waals surface area contributed by atoms with Gasteiger partial charge in [-0.3, -0.25) is 0 Å². The van der Waals surface area contributed by atoms with Gasteiger partial charge in [0.25, 0.3) is 0 Å². The molecule has 21 heavy (non-hydrogen) atoms. The standard InChI is InChI=1S/C17H28N2O2/c1-6-18(7-2)14-11-12-16(19(8-3)9-4)15(13-14)17(20)21-10-5/h11-13H,6-10H2,1-5H3. The van der Waals surface area contributed by atoms with Crippen LogP contribution in [0.3, 0.4) is 0 Å². The fourth-order valence-electron chi connectivity index (χ4n) is 2.52. The monoisotopic (exact) mass is 292 g/mol. The normalized spacial score (nSPS) is 10.3. The van der Waals surface area contributed by atoms with Crippen molar-refractivity contribution in [1.82, 2.24) is 0 Å². The maximum Gasteiger partial charge on any atom is 0.340 e. The summed E-state index contributed by atoms with van der Waals surface area (Å²) in [6.45, 7) is 14.2. The summed E-state index contributed by atoms with van der Waals surface area (Å²) in [5, 5.41) is 0. The Balaban J connectivity index is 3.28. The van der Waals surface area contributed by atoms with E-state index in [0.29, 0.717) is 12.2 Å². The van der Waals surface area contributed by atoms with Crippen LogP contribution in [0.2, 0.25) is 0 Å². The van der Waals surface area contributed by atoms with Gasteiger partial charge in [0, 0.05) is 31.9 Å². The molecule has 1 aromatic carbocycles. The lowest BCUT2D eigenvalue weighted by Gasteiger charge is -2.26. The molecule has 0 saturated heterocycles. The van der Waals surface area contributed by atoms with Crippen LogP contribution in [0.5, 0.6) is 0 Å². The van der Waals surface area contributed by atoms with Gasteiger partial charge >= 0.3 is 5.97 Å². The summed E-state index contributed by atoms with van der Waals surface area (Å²) in [6, 6.07) is 6.08. The van der Waals surface area contributed by atoms with Gasteiger partial charge in [-0.2, -0.15) is 0 Å². The third-order valence-electron chi connectivity index (χ3n) is 3.71. The number of rotatable bonds is 8. The highest BCUT2D eigenvalue weighted by atomic mass is 16.5. The van der Waals surface area contributed by atoms with Crippen LogP contribution >= 0.6 is 0 Å². The Morgan fingerprint density at radius 1 is 0.952 bits per heavy atom. The number of anilines is 2. The van der Waals surface area contributed by atoms with Gasteiger partial charge in [-0.15, -0.1) is 0 Å². The van der Waals surface area contributed by atoms with Crippen LogP contribution < -0.4 is 9.80 Å². The van der Waals surface area contributed by atoms with Gasteiger partial charge in [-0.25, -0.2) is 4.79 Å². The quantitative estimate of drug-likeness (QED) is 0.686. The van der Waals surface area contributed by atoms with Gasteiger partial charge in [-0.05, 0) is 52.8 Å². The van der Waals surface area contributed by atoms with Gasteiger partial charge in [0.2, 0.25) is 0 Å². The van der Waals surface area contributed by atoms with Crippen molar-refractivity contribution < 1.29 is 9.53 Å². The maximum atomic E-state index is 12.3. The number of carbonyl (C=O) groups excluding carboxylic acids is 1. The third-order valence-corrected chi connectivity index (χ3v) is 3.71. The van der Waals surface area contributed by atoms with Crippen molar-refractivity contribution in [2.45, 2.75) is 34.6 Å². The molecule has 4 nitrogen and oxygen atoms in total. The van der Waals surface area contributed by atoms with Crippen molar-refractivity contribution in [1.29, 1.82) is 0 Å². The fourth-order valence-corrected chi connectivity index (χ4v) is 2.52. The van der Waals surface area contributed by atoms with Gasteiger partial charge in [0.05, 0.1) is 17.9 Å². The predicted molar refractivity (Wildman–Crippen MR) is 89.5 cm³/mol. The van der Waals surface area contributed by atoms with Crippen LogP contribution in [0.25, 0.3) is 0 Å². The molecule has 0 aliphatic heterocycles. The number of nitrogens with zero attached hydrogens (tertiary/aromatic N) is 2. The zero-order valence-electron chi connectivity index (χ0n) is 14.0. The molecule has 0 aliphatic carbocycles. The van der Waals surface area contributed by atoms with Gasteiger partial charge < -0.3 is 14.5 Å². The molecule has 0 saturated carbocycles. The summed E-state index contributed by atoms with van der Waals surface area (Å²) < 4.78 is 5.23. The fraction of sp³-hybridized carbons (Fsp3) is 0.588. The summed E-state index contributed by atoms with van der Waals surface area (Å²) in [6.07, 6.45) is 0. The Morgan fingerprint density at radius 2 is 1.52 bits per heavy atom. The molecule has 0 spiro atoms. The number of esters is 1. The van der Waals surface area contributed by atoms with E-state index in [1.54, 1.807) is 0 Å². The van der Waals surface area contributed by atoms with Crippen molar-refractivity contribution in [2.75, 3.05) is 42.6 Å². The van der Waals surface area contributed by atoms with E-state index in [9.17, 15) is 4.79 Å². The lowest BCUT2D eigenvalue weighted by atomic mass is 10.1. The molecule has 0 fully saturated rings. The lowest BCUT2D eigenvalue weighted by Crippen LogP contribution is -2.26. The molecule has 0 aliphatic rings. The molecule has 0 aromatic heterocycles. The van der Waals surface area contributed by atoms with Crippen molar-refractivity contribution in [3.63, 3.8) is 0 Å². The molecule has 0 heterocycles. The number of carbonyl (C=O) groups is 1. The summed E-state index contributed by atoms with van der Waals surface area (Å²) >= 11 is 0. The highest BCUT2D eigenvalue weighted by Gasteiger charge is 2.18. The number of benzene rings is 1. The maximum absolute atomic E-state index is 12.3. The largest absolute Gasteiger partial charge is 0.462 e. The Labute approximate surface area is 128 Å². The van der Waals surface area contributed by atoms with E-state index in [1.165, 1.54) is 0 Å². The average molecular weight is 292 g/mol. The van der Waals surface area contributed by atoms with E-state index >= 15 is 0 Å². The van der Waals surface area contributed by atoms with Gasteiger partial charge in [0.1, 0.15) is 0 Å². The molecular weight excluding hydrogens is 264 g/mol. The van der Waals surface area contributed by atoms with E-state index in [1.807, 2.05) is 19.1 Å². The van der Waals surface area contributed by atoms with Gasteiger partial charge in [0.15, 0.2) is 0 Å². The highest BCUT2D eigenvalue weighted by molar-refractivity contribution is 5.97. The van der Waals surface area contributed by atoms with Crippen molar-refractivity contribution in [3.05, 3.63) is 23.8 Å². The second-order valence-electron chi connectivity index (χ2n) is 4.77. The highest BCUT2D eigenvalue weighted by Crippen LogP contribution is 2.27. The van der Waals surface area contributed by atoms with E-state index in [2.05, 4.69) is 43.6 Å². The smallest absolute Gasteiger partial charge is 0.340 e. The molecule has 1 aromatic rings. The van der Waals surface area contributed by atoms with E-state index in [0.717, 1.165) is 37.6 Å². The van der Waals surface area contributed by atoms with E-state index in [-0.39, 0.29) is 5.97 Å². The van der Waals surface area contributed by atoms with Crippen molar-refractivity contribution in [3.8, 4) is 0 Å². The Kier molecular flexibility index (Phi) is 7.06. The second-order valence-corrected chi connectivity index (χ2v) is 4.77. The first-order valence-corrected chi connectivity index (χ1v) is 7.93. The minimum Gasteiger partial charge on any atom is -0.462 e. The summed E-state index contributed by atoms with van der Waals surface area (Å²) in [5.74, 6) is -0.242. The molecule has 0 atom stereocenters. The molecule has 0 unspecified atom stereocenters. The third kappa shape index (κ3) is 4.13. The zero-order valence-corrected chi connectivity index (χ0v) is 14.0. The minimum absolute atomic E-state index is 0.242. The van der Waals surface area contributed by atoms with Crippen molar-refractivity contribution in [2.24, 2.45) is 0 Å². The summed E-state index contributed by atoms with van der Waals surface area (Å²) in [5.41, 5.74) is 2.68. The average Bonchev–Trinajstić information content (AvgIpc) is 2.51. The molecule has 0 bridgehead atoms. The summed E-state index contributed by atoms with van der Waals surface area (Å²) in [4.78, 5) is 16.7.